The van der Waals surface area contributed by atoms with Crippen molar-refractivity contribution in [1.82, 2.24) is 5.43 Å². The second-order valence-corrected chi connectivity index (χ2v) is 10.1. The standard InChI is InChI=1S/C30H34BrN3O5/c1-6-38-26-16-22(15-25(31)28(26)39-18-21-9-7-20(4)8-10-21)17-32-34-30(36)27(19(2)3)29(35)33-23-11-13-24(37-5)14-12-23/h7-17,19,27H,6,18H2,1-5H3,(H,33,35)(H,34,36). The lowest BCUT2D eigenvalue weighted by molar-refractivity contribution is -0.134. The number of carbonyl (C=O) groups excluding carboxylic acids is 2. The van der Waals surface area contributed by atoms with Crippen molar-refractivity contribution in [2.24, 2.45) is 16.9 Å². The molecule has 206 valence electrons. The van der Waals surface area contributed by atoms with Crippen LogP contribution in [-0.2, 0) is 16.2 Å². The fourth-order valence-corrected chi connectivity index (χ4v) is 4.34. The van der Waals surface area contributed by atoms with Gasteiger partial charge in [0.15, 0.2) is 11.5 Å². The van der Waals surface area contributed by atoms with Crippen LogP contribution in [0.25, 0.3) is 0 Å². The van der Waals surface area contributed by atoms with Crippen LogP contribution in [0, 0.1) is 18.8 Å². The highest BCUT2D eigenvalue weighted by Gasteiger charge is 2.30. The fourth-order valence-electron chi connectivity index (χ4n) is 3.76. The topological polar surface area (TPSA) is 98.2 Å². The van der Waals surface area contributed by atoms with Crippen LogP contribution >= 0.6 is 15.9 Å². The van der Waals surface area contributed by atoms with E-state index < -0.39 is 17.7 Å². The summed E-state index contributed by atoms with van der Waals surface area (Å²) in [5.74, 6) is -0.312. The normalized spacial score (nSPS) is 11.8. The molecule has 0 heterocycles. The van der Waals surface area contributed by atoms with Gasteiger partial charge in [-0.3, -0.25) is 9.59 Å². The first kappa shape index (κ1) is 29.7. The molecule has 0 spiro atoms. The molecule has 8 nitrogen and oxygen atoms in total. The van der Waals surface area contributed by atoms with Crippen molar-refractivity contribution < 1.29 is 23.8 Å². The molecular weight excluding hydrogens is 562 g/mol. The number of carbonyl (C=O) groups is 2. The Labute approximate surface area is 237 Å². The van der Waals surface area contributed by atoms with Gasteiger partial charge in [-0.1, -0.05) is 43.7 Å². The Hall–Kier alpha value is -3.85. The Kier molecular flexibility index (Phi) is 10.9. The molecule has 3 aromatic rings. The SMILES string of the molecule is CCOc1cc(C=NNC(=O)C(C(=O)Nc2ccc(OC)cc2)C(C)C)cc(Br)c1OCc1ccc(C)cc1. The second-order valence-electron chi connectivity index (χ2n) is 9.21. The van der Waals surface area contributed by atoms with Crippen molar-refractivity contribution in [2.45, 2.75) is 34.3 Å². The molecule has 39 heavy (non-hydrogen) atoms. The number of methoxy groups -OCH3 is 1. The molecule has 0 aliphatic rings. The minimum Gasteiger partial charge on any atom is -0.497 e. The number of hydrogen-bond donors (Lipinski definition) is 2. The highest BCUT2D eigenvalue weighted by atomic mass is 79.9. The maximum Gasteiger partial charge on any atom is 0.252 e. The summed E-state index contributed by atoms with van der Waals surface area (Å²) in [4.78, 5) is 25.7. The number of hydrazone groups is 1. The molecule has 3 aromatic carbocycles. The van der Waals surface area contributed by atoms with E-state index in [1.807, 2.05) is 58.0 Å². The van der Waals surface area contributed by atoms with Gasteiger partial charge >= 0.3 is 0 Å². The second kappa shape index (κ2) is 14.3. The number of amides is 2. The minimum absolute atomic E-state index is 0.248. The molecule has 0 bridgehead atoms. The quantitative estimate of drug-likeness (QED) is 0.150. The van der Waals surface area contributed by atoms with Crippen LogP contribution in [0.4, 0.5) is 5.69 Å². The van der Waals surface area contributed by atoms with Crippen LogP contribution in [0.2, 0.25) is 0 Å². The number of aryl methyl sites for hydroxylation is 1. The Bertz CT molecular complexity index is 1290. The van der Waals surface area contributed by atoms with Crippen molar-refractivity contribution in [3.05, 3.63) is 81.8 Å². The van der Waals surface area contributed by atoms with Gasteiger partial charge in [-0.25, -0.2) is 5.43 Å². The van der Waals surface area contributed by atoms with Gasteiger partial charge in [-0.2, -0.15) is 5.10 Å². The van der Waals surface area contributed by atoms with Crippen LogP contribution in [-0.4, -0.2) is 31.7 Å². The Morgan fingerprint density at radius 2 is 1.69 bits per heavy atom. The summed E-state index contributed by atoms with van der Waals surface area (Å²) in [7, 11) is 1.57. The molecule has 0 saturated heterocycles. The van der Waals surface area contributed by atoms with Crippen molar-refractivity contribution in [3.63, 3.8) is 0 Å². The van der Waals surface area contributed by atoms with E-state index in [-0.39, 0.29) is 5.92 Å². The van der Waals surface area contributed by atoms with E-state index in [1.54, 1.807) is 37.4 Å². The van der Waals surface area contributed by atoms with E-state index in [0.717, 1.165) is 5.56 Å². The molecule has 3 rings (SSSR count). The van der Waals surface area contributed by atoms with E-state index in [4.69, 9.17) is 14.2 Å². The van der Waals surface area contributed by atoms with Gasteiger partial charge in [0.2, 0.25) is 5.91 Å². The number of ether oxygens (including phenoxy) is 3. The molecule has 0 aliphatic heterocycles. The van der Waals surface area contributed by atoms with Gasteiger partial charge in [0, 0.05) is 5.69 Å². The van der Waals surface area contributed by atoms with E-state index in [1.165, 1.54) is 11.8 Å². The largest absolute Gasteiger partial charge is 0.497 e. The zero-order chi connectivity index (χ0) is 28.4. The lowest BCUT2D eigenvalue weighted by Crippen LogP contribution is -2.39. The monoisotopic (exact) mass is 595 g/mol. The third-order valence-corrected chi connectivity index (χ3v) is 6.40. The zero-order valence-corrected chi connectivity index (χ0v) is 24.4. The zero-order valence-electron chi connectivity index (χ0n) is 22.8. The molecule has 1 unspecified atom stereocenters. The fraction of sp³-hybridized carbons (Fsp3) is 0.300. The van der Waals surface area contributed by atoms with Crippen LogP contribution in [0.3, 0.4) is 0 Å². The summed E-state index contributed by atoms with van der Waals surface area (Å²) in [6, 6.07) is 18.6. The number of halogens is 1. The first-order valence-electron chi connectivity index (χ1n) is 12.6. The molecule has 1 atom stereocenters. The summed E-state index contributed by atoms with van der Waals surface area (Å²) >= 11 is 3.56. The lowest BCUT2D eigenvalue weighted by atomic mass is 9.94. The highest BCUT2D eigenvalue weighted by molar-refractivity contribution is 9.10. The number of nitrogens with one attached hydrogen (secondary N) is 2. The van der Waals surface area contributed by atoms with Crippen LogP contribution < -0.4 is 25.0 Å². The number of anilines is 1. The van der Waals surface area contributed by atoms with Crippen molar-refractivity contribution >= 4 is 39.6 Å². The Morgan fingerprint density at radius 3 is 2.31 bits per heavy atom. The van der Waals surface area contributed by atoms with Crippen molar-refractivity contribution in [2.75, 3.05) is 19.0 Å². The van der Waals surface area contributed by atoms with Gasteiger partial charge < -0.3 is 19.5 Å². The maximum absolute atomic E-state index is 12.9. The molecule has 0 aromatic heterocycles. The molecule has 0 aliphatic carbocycles. The van der Waals surface area contributed by atoms with Gasteiger partial charge in [0.1, 0.15) is 18.3 Å². The molecule has 0 fully saturated rings. The first-order valence-corrected chi connectivity index (χ1v) is 13.4. The van der Waals surface area contributed by atoms with E-state index >= 15 is 0 Å². The number of rotatable bonds is 12. The summed E-state index contributed by atoms with van der Waals surface area (Å²) in [6.45, 7) is 8.38. The lowest BCUT2D eigenvalue weighted by Gasteiger charge is -2.18. The summed E-state index contributed by atoms with van der Waals surface area (Å²) in [5.41, 5.74) is 5.97. The molecule has 0 radical (unpaired) electrons. The smallest absolute Gasteiger partial charge is 0.252 e. The van der Waals surface area contributed by atoms with Gasteiger partial charge in [-0.05, 0) is 83.2 Å². The summed E-state index contributed by atoms with van der Waals surface area (Å²) < 4.78 is 17.7. The molecule has 9 heteroatoms. The summed E-state index contributed by atoms with van der Waals surface area (Å²) in [5, 5.41) is 6.87. The van der Waals surface area contributed by atoms with Crippen molar-refractivity contribution in [1.29, 1.82) is 0 Å². The van der Waals surface area contributed by atoms with Crippen LogP contribution in [0.15, 0.2) is 70.2 Å². The maximum atomic E-state index is 12.9. The highest BCUT2D eigenvalue weighted by Crippen LogP contribution is 2.37. The van der Waals surface area contributed by atoms with E-state index in [0.29, 0.717) is 46.2 Å². The Balaban J connectivity index is 1.67. The first-order chi connectivity index (χ1) is 18.7. The average Bonchev–Trinajstić information content (AvgIpc) is 2.89. The number of hydrogen-bond acceptors (Lipinski definition) is 6. The average molecular weight is 597 g/mol. The predicted molar refractivity (Wildman–Crippen MR) is 157 cm³/mol. The minimum atomic E-state index is -0.937. The van der Waals surface area contributed by atoms with Gasteiger partial charge in [0.25, 0.3) is 5.91 Å². The third-order valence-electron chi connectivity index (χ3n) is 5.81. The summed E-state index contributed by atoms with van der Waals surface area (Å²) in [6.07, 6.45) is 1.49. The predicted octanol–water partition coefficient (Wildman–Crippen LogP) is 6.10. The molecule has 2 amide bonds. The molecule has 2 N–H and O–H groups in total. The van der Waals surface area contributed by atoms with Crippen LogP contribution in [0.1, 0.15) is 37.5 Å². The van der Waals surface area contributed by atoms with E-state index in [2.05, 4.69) is 31.8 Å². The van der Waals surface area contributed by atoms with Crippen LogP contribution in [0.5, 0.6) is 17.2 Å². The Morgan fingerprint density at radius 1 is 1.00 bits per heavy atom. The number of benzene rings is 3. The molecule has 0 saturated carbocycles. The number of nitrogens with zero attached hydrogens (tertiary/aromatic N) is 1. The van der Waals surface area contributed by atoms with Gasteiger partial charge in [0.05, 0.1) is 24.4 Å². The van der Waals surface area contributed by atoms with Gasteiger partial charge in [-0.15, -0.1) is 0 Å². The molecular formula is C30H34BrN3O5. The third kappa shape index (κ3) is 8.58. The van der Waals surface area contributed by atoms with E-state index in [9.17, 15) is 9.59 Å². The van der Waals surface area contributed by atoms with Crippen molar-refractivity contribution in [3.8, 4) is 17.2 Å².